The van der Waals surface area contributed by atoms with Crippen LogP contribution in [0.3, 0.4) is 0 Å². The summed E-state index contributed by atoms with van der Waals surface area (Å²) in [6.45, 7) is 5.16. The van der Waals surface area contributed by atoms with E-state index in [1.54, 1.807) is 0 Å². The molecule has 1 aromatic heterocycles. The van der Waals surface area contributed by atoms with Crippen molar-refractivity contribution in [2.75, 3.05) is 6.54 Å². The van der Waals surface area contributed by atoms with Crippen LogP contribution >= 0.6 is 34.5 Å². The van der Waals surface area contributed by atoms with Crippen molar-refractivity contribution in [3.63, 3.8) is 0 Å². The molecule has 0 saturated heterocycles. The highest BCUT2D eigenvalue weighted by molar-refractivity contribution is 7.10. The molecule has 1 atom stereocenters. The van der Waals surface area contributed by atoms with Crippen LogP contribution in [0, 0.1) is 0 Å². The third-order valence-electron chi connectivity index (χ3n) is 3.60. The van der Waals surface area contributed by atoms with Gasteiger partial charge in [0.15, 0.2) is 0 Å². The summed E-state index contributed by atoms with van der Waals surface area (Å²) in [5, 5.41) is 3.71. The number of fused-ring (bicyclic) bond motifs is 1. The van der Waals surface area contributed by atoms with E-state index < -0.39 is 0 Å². The van der Waals surface area contributed by atoms with Gasteiger partial charge in [-0.15, -0.1) is 11.3 Å². The van der Waals surface area contributed by atoms with E-state index >= 15 is 0 Å². The Kier molecular flexibility index (Phi) is 3.86. The topological polar surface area (TPSA) is 3.24 Å². The minimum Gasteiger partial charge on any atom is -0.294 e. The summed E-state index contributed by atoms with van der Waals surface area (Å²) in [7, 11) is 0. The van der Waals surface area contributed by atoms with Gasteiger partial charge >= 0.3 is 0 Å². The Labute approximate surface area is 127 Å². The predicted octanol–water partition coefficient (Wildman–Crippen LogP) is 5.17. The molecule has 0 fully saturated rings. The Balaban J connectivity index is 1.82. The van der Waals surface area contributed by atoms with Crippen molar-refractivity contribution in [1.29, 1.82) is 0 Å². The molecule has 4 heteroatoms. The van der Waals surface area contributed by atoms with Crippen LogP contribution in [0.25, 0.3) is 0 Å². The first-order chi connectivity index (χ1) is 9.15. The fourth-order valence-electron chi connectivity index (χ4n) is 2.71. The van der Waals surface area contributed by atoms with Crippen LogP contribution in [0.1, 0.15) is 28.8 Å². The van der Waals surface area contributed by atoms with E-state index in [4.69, 9.17) is 23.2 Å². The van der Waals surface area contributed by atoms with Crippen LogP contribution in [0.5, 0.6) is 0 Å². The van der Waals surface area contributed by atoms with Crippen LogP contribution in [-0.4, -0.2) is 11.4 Å². The van der Waals surface area contributed by atoms with E-state index in [1.165, 1.54) is 10.4 Å². The lowest BCUT2D eigenvalue weighted by Crippen LogP contribution is -2.31. The van der Waals surface area contributed by atoms with Gasteiger partial charge in [-0.2, -0.15) is 0 Å². The van der Waals surface area contributed by atoms with Crippen molar-refractivity contribution < 1.29 is 0 Å². The molecule has 1 aliphatic rings. The van der Waals surface area contributed by atoms with Crippen molar-refractivity contribution >= 4 is 34.5 Å². The Bertz CT molecular complexity index is 573. The Morgan fingerprint density at radius 1 is 1.26 bits per heavy atom. The van der Waals surface area contributed by atoms with Crippen molar-refractivity contribution in [2.45, 2.75) is 25.9 Å². The van der Waals surface area contributed by atoms with Gasteiger partial charge in [-0.3, -0.25) is 4.90 Å². The number of rotatable bonds is 2. The van der Waals surface area contributed by atoms with E-state index in [0.717, 1.165) is 35.2 Å². The zero-order chi connectivity index (χ0) is 13.4. The molecule has 1 aliphatic heterocycles. The lowest BCUT2D eigenvalue weighted by molar-refractivity contribution is 0.229. The van der Waals surface area contributed by atoms with Crippen molar-refractivity contribution in [2.24, 2.45) is 0 Å². The third kappa shape index (κ3) is 2.68. The minimum absolute atomic E-state index is 0.588. The monoisotopic (exact) mass is 311 g/mol. The smallest absolute Gasteiger partial charge is 0.0465 e. The third-order valence-corrected chi connectivity index (χ3v) is 5.50. The van der Waals surface area contributed by atoms with Crippen molar-refractivity contribution in [3.05, 3.63) is 55.7 Å². The van der Waals surface area contributed by atoms with E-state index in [1.807, 2.05) is 29.5 Å². The van der Waals surface area contributed by atoms with Gasteiger partial charge in [0.05, 0.1) is 0 Å². The number of nitrogens with zero attached hydrogens (tertiary/aromatic N) is 1. The normalized spacial score (nSPS) is 19.4. The first-order valence-corrected chi connectivity index (χ1v) is 8.00. The fraction of sp³-hybridized carbons (Fsp3) is 0.333. The van der Waals surface area contributed by atoms with E-state index in [9.17, 15) is 0 Å². The summed E-state index contributed by atoms with van der Waals surface area (Å²) >= 11 is 14.4. The number of thiophene rings is 1. The van der Waals surface area contributed by atoms with E-state index in [2.05, 4.69) is 23.3 Å². The molecule has 2 heterocycles. The van der Waals surface area contributed by atoms with Gasteiger partial charge in [0, 0.05) is 46.0 Å². The van der Waals surface area contributed by atoms with Crippen LogP contribution in [-0.2, 0) is 13.1 Å². The van der Waals surface area contributed by atoms with Crippen LogP contribution < -0.4 is 0 Å². The summed E-state index contributed by atoms with van der Waals surface area (Å²) in [4.78, 5) is 3.95. The van der Waals surface area contributed by atoms with Crippen LogP contribution in [0.2, 0.25) is 10.0 Å². The molecular weight excluding hydrogens is 297 g/mol. The highest BCUT2D eigenvalue weighted by Crippen LogP contribution is 2.34. The fourth-order valence-corrected chi connectivity index (χ4v) is 4.20. The number of halogens is 2. The average Bonchev–Trinajstić information content (AvgIpc) is 2.83. The second-order valence-corrected chi connectivity index (χ2v) is 6.84. The minimum atomic E-state index is 0.588. The zero-order valence-corrected chi connectivity index (χ0v) is 13.0. The molecule has 0 aliphatic carbocycles. The summed E-state index contributed by atoms with van der Waals surface area (Å²) in [5.41, 5.74) is 2.49. The highest BCUT2D eigenvalue weighted by Gasteiger charge is 2.24. The van der Waals surface area contributed by atoms with Gasteiger partial charge in [0.25, 0.3) is 0 Å². The number of benzene rings is 1. The maximum absolute atomic E-state index is 6.26. The molecule has 1 unspecified atom stereocenters. The van der Waals surface area contributed by atoms with Gasteiger partial charge in [-0.05, 0) is 29.1 Å². The molecule has 0 bridgehead atoms. The second kappa shape index (κ2) is 5.45. The molecule has 19 heavy (non-hydrogen) atoms. The van der Waals surface area contributed by atoms with Gasteiger partial charge in [0.1, 0.15) is 0 Å². The molecule has 0 spiro atoms. The average molecular weight is 312 g/mol. The summed E-state index contributed by atoms with van der Waals surface area (Å²) in [5.74, 6) is 0.588. The number of hydrogen-bond donors (Lipinski definition) is 0. The Morgan fingerprint density at radius 2 is 2.00 bits per heavy atom. The van der Waals surface area contributed by atoms with Gasteiger partial charge < -0.3 is 0 Å². The van der Waals surface area contributed by atoms with Crippen molar-refractivity contribution in [3.8, 4) is 0 Å². The lowest BCUT2D eigenvalue weighted by Gasteiger charge is -2.31. The molecule has 1 aromatic carbocycles. The van der Waals surface area contributed by atoms with Crippen molar-refractivity contribution in [1.82, 2.24) is 4.90 Å². The molecule has 1 nitrogen and oxygen atoms in total. The summed E-state index contributed by atoms with van der Waals surface area (Å²) < 4.78 is 0. The highest BCUT2D eigenvalue weighted by atomic mass is 35.5. The van der Waals surface area contributed by atoms with Crippen LogP contribution in [0.15, 0.2) is 29.6 Å². The number of hydrogen-bond acceptors (Lipinski definition) is 2. The second-order valence-electron chi connectivity index (χ2n) is 5.08. The summed E-state index contributed by atoms with van der Waals surface area (Å²) in [6.07, 6.45) is 0. The first kappa shape index (κ1) is 13.4. The molecule has 0 saturated carbocycles. The zero-order valence-electron chi connectivity index (χ0n) is 10.7. The Hall–Kier alpha value is -0.540. The summed E-state index contributed by atoms with van der Waals surface area (Å²) in [6, 6.07) is 7.94. The van der Waals surface area contributed by atoms with Gasteiger partial charge in [-0.25, -0.2) is 0 Å². The molecule has 3 rings (SSSR count). The van der Waals surface area contributed by atoms with E-state index in [0.29, 0.717) is 5.92 Å². The molecule has 100 valence electrons. The van der Waals surface area contributed by atoms with Gasteiger partial charge in [-0.1, -0.05) is 36.2 Å². The lowest BCUT2D eigenvalue weighted by atomic mass is 10.00. The molecule has 2 aromatic rings. The van der Waals surface area contributed by atoms with Gasteiger partial charge in [0.2, 0.25) is 0 Å². The molecule has 0 amide bonds. The SMILES string of the molecule is CC1CN(Cc2c(Cl)cccc2Cl)Cc2ccsc21. The predicted molar refractivity (Wildman–Crippen MR) is 83.3 cm³/mol. The Morgan fingerprint density at radius 3 is 2.74 bits per heavy atom. The van der Waals surface area contributed by atoms with Crippen LogP contribution in [0.4, 0.5) is 0 Å². The molecule has 0 N–H and O–H groups in total. The first-order valence-electron chi connectivity index (χ1n) is 6.36. The quantitative estimate of drug-likeness (QED) is 0.739. The maximum Gasteiger partial charge on any atom is 0.0465 e. The maximum atomic E-state index is 6.26. The molecular formula is C15H15Cl2NS. The van der Waals surface area contributed by atoms with E-state index in [-0.39, 0.29) is 0 Å². The molecule has 0 radical (unpaired) electrons. The standard InChI is InChI=1S/C15H15Cl2NS/c1-10-7-18(8-11-5-6-19-15(10)11)9-12-13(16)3-2-4-14(12)17/h2-6,10H,7-9H2,1H3. The largest absolute Gasteiger partial charge is 0.294 e.